The van der Waals surface area contributed by atoms with Crippen molar-refractivity contribution in [3.63, 3.8) is 0 Å². The van der Waals surface area contributed by atoms with Crippen LogP contribution in [-0.2, 0) is 16.6 Å². The molecule has 2 saturated carbocycles. The third-order valence-electron chi connectivity index (χ3n) is 7.29. The number of nitrogens with one attached hydrogen (secondary N) is 1. The van der Waals surface area contributed by atoms with E-state index in [1.54, 1.807) is 23.6 Å². The molecule has 0 radical (unpaired) electrons. The van der Waals surface area contributed by atoms with Gasteiger partial charge in [-0.2, -0.15) is 0 Å². The summed E-state index contributed by atoms with van der Waals surface area (Å²) in [6.45, 7) is -0.168. The number of aromatic nitrogens is 1. The fraction of sp³-hybridized carbons (Fsp3) is 0.400. The molecular formula is C25H26Cl3FN4O4S2. The lowest BCUT2D eigenvalue weighted by Gasteiger charge is -2.30. The molecule has 0 bridgehead atoms. The van der Waals surface area contributed by atoms with Gasteiger partial charge in [0, 0.05) is 35.3 Å². The van der Waals surface area contributed by atoms with E-state index in [9.17, 15) is 8.42 Å². The number of hydrogen-bond donors (Lipinski definition) is 2. The number of alkyl halides is 2. The Morgan fingerprint density at radius 2 is 1.95 bits per heavy atom. The van der Waals surface area contributed by atoms with Crippen LogP contribution in [0.2, 0.25) is 5.02 Å². The van der Waals surface area contributed by atoms with Gasteiger partial charge in [-0.1, -0.05) is 11.6 Å². The van der Waals surface area contributed by atoms with Gasteiger partial charge in [0.05, 0.1) is 31.5 Å². The molecule has 0 saturated heterocycles. The number of thiazole rings is 1. The molecule has 0 aliphatic heterocycles. The molecule has 3 aromatic rings. The van der Waals surface area contributed by atoms with Crippen LogP contribution < -0.4 is 24.8 Å². The summed E-state index contributed by atoms with van der Waals surface area (Å²) >= 11 is 20.3. The summed E-state index contributed by atoms with van der Waals surface area (Å²) in [4.78, 5) is 3.58. The number of halogens is 4. The van der Waals surface area contributed by atoms with Crippen molar-refractivity contribution in [2.75, 3.05) is 23.8 Å². The first-order valence-electron chi connectivity index (χ1n) is 12.0. The summed E-state index contributed by atoms with van der Waals surface area (Å²) in [5.41, 5.74) is 7.08. The molecule has 2 fully saturated rings. The van der Waals surface area contributed by atoms with Gasteiger partial charge in [-0.25, -0.2) is 22.1 Å². The average molecular weight is 636 g/mol. The molecule has 8 nitrogen and oxygen atoms in total. The standard InChI is InChI=1S/C25H26Cl3FN4O4S2/c1-36-14-4-3-13(22(7-14)37-2)12-33(24-31-5-6-38-24)39(34,35)23-10-17(26)20(11-18(23)29)32-21-9-16-15(8-19(21)30)25(16,27)28/h3-7,10-11,15-16,19,21,32H,8-9,12,30H2,1-2H3/t15?,16-,19+,21?/m1/s1. The van der Waals surface area contributed by atoms with Crippen molar-refractivity contribution >= 4 is 67.0 Å². The smallest absolute Gasteiger partial charge is 0.269 e. The highest BCUT2D eigenvalue weighted by Gasteiger charge is 2.65. The van der Waals surface area contributed by atoms with Gasteiger partial charge in [0.25, 0.3) is 10.0 Å². The molecule has 2 aliphatic rings. The lowest BCUT2D eigenvalue weighted by Crippen LogP contribution is -2.43. The second-order valence-electron chi connectivity index (χ2n) is 9.54. The number of benzene rings is 2. The number of ether oxygens (including phenoxy) is 2. The molecule has 5 rings (SSSR count). The first-order valence-corrected chi connectivity index (χ1v) is 15.4. The Balaban J connectivity index is 1.45. The Labute approximate surface area is 245 Å². The van der Waals surface area contributed by atoms with Crippen LogP contribution in [0.3, 0.4) is 0 Å². The van der Waals surface area contributed by atoms with Gasteiger partial charge in [-0.15, -0.1) is 34.5 Å². The summed E-state index contributed by atoms with van der Waals surface area (Å²) in [5.74, 6) is 0.197. The van der Waals surface area contributed by atoms with Crippen molar-refractivity contribution in [3.05, 3.63) is 58.3 Å². The van der Waals surface area contributed by atoms with Gasteiger partial charge in [0.15, 0.2) is 5.13 Å². The minimum atomic E-state index is -4.45. The molecule has 0 amide bonds. The fourth-order valence-corrected chi connectivity index (χ4v) is 8.53. The first kappa shape index (κ1) is 28.5. The molecule has 2 unspecified atom stereocenters. The summed E-state index contributed by atoms with van der Waals surface area (Å²) in [7, 11) is -1.47. The minimum Gasteiger partial charge on any atom is -0.497 e. The van der Waals surface area contributed by atoms with E-state index < -0.39 is 25.1 Å². The topological polar surface area (TPSA) is 107 Å². The van der Waals surface area contributed by atoms with Crippen molar-refractivity contribution in [1.82, 2.24) is 4.98 Å². The van der Waals surface area contributed by atoms with Crippen LogP contribution in [-0.4, -0.2) is 44.0 Å². The van der Waals surface area contributed by atoms with Crippen LogP contribution in [0.4, 0.5) is 15.2 Å². The second kappa shape index (κ2) is 10.8. The number of hydrogen-bond acceptors (Lipinski definition) is 8. The SMILES string of the molecule is COc1ccc(CN(c2nccs2)S(=O)(=O)c2cc(Cl)c(NC3C[C@@H]4C(C[C@@H]3N)C4(Cl)Cl)cc2F)c(OC)c1. The lowest BCUT2D eigenvalue weighted by atomic mass is 9.91. The molecule has 1 aromatic heterocycles. The van der Waals surface area contributed by atoms with E-state index in [2.05, 4.69) is 10.3 Å². The van der Waals surface area contributed by atoms with Crippen LogP contribution in [0.5, 0.6) is 11.5 Å². The first-order chi connectivity index (χ1) is 18.5. The molecule has 4 atom stereocenters. The summed E-state index contributed by atoms with van der Waals surface area (Å²) < 4.78 is 54.2. The normalized spacial score (nSPS) is 23.6. The Bertz CT molecular complexity index is 1480. The summed E-state index contributed by atoms with van der Waals surface area (Å²) in [6, 6.07) is 6.65. The van der Waals surface area contributed by atoms with Crippen LogP contribution in [0.15, 0.2) is 46.8 Å². The summed E-state index contributed by atoms with van der Waals surface area (Å²) in [5, 5.41) is 4.99. The van der Waals surface area contributed by atoms with E-state index in [1.807, 2.05) is 0 Å². The zero-order valence-electron chi connectivity index (χ0n) is 20.9. The number of sulfonamides is 1. The average Bonchev–Trinajstić information content (AvgIpc) is 3.23. The van der Waals surface area contributed by atoms with Crippen molar-refractivity contribution in [2.24, 2.45) is 17.6 Å². The Morgan fingerprint density at radius 3 is 2.62 bits per heavy atom. The highest BCUT2D eigenvalue weighted by Crippen LogP contribution is 2.65. The van der Waals surface area contributed by atoms with Crippen molar-refractivity contribution < 1.29 is 22.3 Å². The van der Waals surface area contributed by atoms with Crippen LogP contribution >= 0.6 is 46.1 Å². The van der Waals surface area contributed by atoms with E-state index in [1.165, 1.54) is 20.4 Å². The number of fused-ring (bicyclic) bond motifs is 1. The highest BCUT2D eigenvalue weighted by atomic mass is 35.5. The molecule has 39 heavy (non-hydrogen) atoms. The van der Waals surface area contributed by atoms with Gasteiger partial charge in [0.2, 0.25) is 0 Å². The fourth-order valence-electron chi connectivity index (χ4n) is 5.06. The molecular weight excluding hydrogens is 610 g/mol. The zero-order valence-corrected chi connectivity index (χ0v) is 24.8. The van der Waals surface area contributed by atoms with Crippen LogP contribution in [0, 0.1) is 17.7 Å². The van der Waals surface area contributed by atoms with E-state index in [0.29, 0.717) is 29.9 Å². The third-order valence-corrected chi connectivity index (χ3v) is 11.4. The van der Waals surface area contributed by atoms with Crippen molar-refractivity contribution in [1.29, 1.82) is 0 Å². The third kappa shape index (κ3) is 5.37. The molecule has 210 valence electrons. The second-order valence-corrected chi connectivity index (χ2v) is 14.1. The van der Waals surface area contributed by atoms with Gasteiger partial charge >= 0.3 is 0 Å². The predicted octanol–water partition coefficient (Wildman–Crippen LogP) is 5.67. The number of rotatable bonds is 9. The van der Waals surface area contributed by atoms with E-state index in [0.717, 1.165) is 27.8 Å². The number of nitrogens with two attached hydrogens (primary N) is 1. The van der Waals surface area contributed by atoms with Crippen molar-refractivity contribution in [3.8, 4) is 11.5 Å². The minimum absolute atomic E-state index is 0.0317. The maximum absolute atomic E-state index is 15.5. The van der Waals surface area contributed by atoms with Gasteiger partial charge in [0.1, 0.15) is 26.5 Å². The Hall–Kier alpha value is -2.02. The zero-order chi connectivity index (χ0) is 28.1. The maximum Gasteiger partial charge on any atom is 0.269 e. The predicted molar refractivity (Wildman–Crippen MR) is 152 cm³/mol. The number of nitrogens with zero attached hydrogens (tertiary/aromatic N) is 2. The highest BCUT2D eigenvalue weighted by molar-refractivity contribution is 7.93. The number of methoxy groups -OCH3 is 2. The van der Waals surface area contributed by atoms with Crippen LogP contribution in [0.1, 0.15) is 18.4 Å². The largest absolute Gasteiger partial charge is 0.497 e. The molecule has 1 heterocycles. The van der Waals surface area contributed by atoms with E-state index in [4.69, 9.17) is 50.0 Å². The molecule has 14 heteroatoms. The molecule has 0 spiro atoms. The van der Waals surface area contributed by atoms with Gasteiger partial charge < -0.3 is 20.5 Å². The lowest BCUT2D eigenvalue weighted by molar-refractivity contribution is 0.387. The maximum atomic E-state index is 15.5. The quantitative estimate of drug-likeness (QED) is 0.292. The summed E-state index contributed by atoms with van der Waals surface area (Å²) in [6.07, 6.45) is 2.69. The molecule has 3 N–H and O–H groups in total. The molecule has 2 aliphatic carbocycles. The Morgan fingerprint density at radius 1 is 1.21 bits per heavy atom. The Kier molecular flexibility index (Phi) is 7.86. The van der Waals surface area contributed by atoms with E-state index in [-0.39, 0.29) is 46.3 Å². The molecule has 2 aromatic carbocycles. The van der Waals surface area contributed by atoms with Crippen LogP contribution in [0.25, 0.3) is 0 Å². The van der Waals surface area contributed by atoms with Gasteiger partial charge in [-0.05, 0) is 48.9 Å². The monoisotopic (exact) mass is 634 g/mol. The van der Waals surface area contributed by atoms with Gasteiger partial charge in [-0.3, -0.25) is 0 Å². The number of anilines is 2. The van der Waals surface area contributed by atoms with Crippen molar-refractivity contribution in [2.45, 2.75) is 40.7 Å². The van der Waals surface area contributed by atoms with E-state index >= 15 is 4.39 Å².